The maximum absolute atomic E-state index is 12.6. The fourth-order valence-corrected chi connectivity index (χ4v) is 2.72. The predicted molar refractivity (Wildman–Crippen MR) is 97.5 cm³/mol. The van der Waals surface area contributed by atoms with E-state index in [9.17, 15) is 9.59 Å². The minimum atomic E-state index is -0.528. The van der Waals surface area contributed by atoms with E-state index in [-0.39, 0.29) is 11.5 Å². The lowest BCUT2D eigenvalue weighted by atomic mass is 10.1. The van der Waals surface area contributed by atoms with Gasteiger partial charge in [0, 0.05) is 30.2 Å². The number of carbonyl (C=O) groups is 2. The van der Waals surface area contributed by atoms with Crippen LogP contribution in [0.3, 0.4) is 0 Å². The third-order valence-corrected chi connectivity index (χ3v) is 4.10. The molecule has 0 amide bonds. The van der Waals surface area contributed by atoms with E-state index < -0.39 is 5.97 Å². The second-order valence-corrected chi connectivity index (χ2v) is 5.89. The first-order valence-electron chi connectivity index (χ1n) is 8.24. The number of rotatable bonds is 3. The Hall–Kier alpha value is -3.80. The Kier molecular flexibility index (Phi) is 4.22. The second kappa shape index (κ2) is 6.84. The highest BCUT2D eigenvalue weighted by atomic mass is 16.5. The highest BCUT2D eigenvalue weighted by Crippen LogP contribution is 2.39. The van der Waals surface area contributed by atoms with Crippen molar-refractivity contribution in [1.82, 2.24) is 9.97 Å². The summed E-state index contributed by atoms with van der Waals surface area (Å²) in [6.45, 7) is 1.74. The Morgan fingerprint density at radius 3 is 2.74 bits per heavy atom. The minimum Gasteiger partial charge on any atom is -0.452 e. The predicted octanol–water partition coefficient (Wildman–Crippen LogP) is 3.62. The average Bonchev–Trinajstić information content (AvgIpc) is 3.02. The molecule has 1 aromatic carbocycles. The molecule has 2 aromatic heterocycles. The van der Waals surface area contributed by atoms with Crippen LogP contribution in [0.2, 0.25) is 0 Å². The number of fused-ring (bicyclic) bond motifs is 1. The molecular formula is C21H14N2O4. The van der Waals surface area contributed by atoms with Gasteiger partial charge in [0.2, 0.25) is 5.78 Å². The van der Waals surface area contributed by atoms with Gasteiger partial charge in [0.05, 0.1) is 16.8 Å². The molecular weight excluding hydrogens is 344 g/mol. The van der Waals surface area contributed by atoms with Gasteiger partial charge in [-0.15, -0.1) is 0 Å². The number of Topliss-reactive ketones (excluding diaryl/α,β-unsaturated/α-hetero) is 1. The van der Waals surface area contributed by atoms with E-state index in [2.05, 4.69) is 9.97 Å². The molecule has 6 heteroatoms. The minimum absolute atomic E-state index is 0.183. The summed E-state index contributed by atoms with van der Waals surface area (Å²) < 4.78 is 11.2. The Bertz CT molecular complexity index is 1060. The summed E-state index contributed by atoms with van der Waals surface area (Å²) in [5, 5.41) is 0. The number of nitrogens with zero attached hydrogens (tertiary/aromatic N) is 2. The first-order valence-corrected chi connectivity index (χ1v) is 8.24. The fraction of sp³-hybridized carbons (Fsp3) is 0.0476. The van der Waals surface area contributed by atoms with Gasteiger partial charge in [0.1, 0.15) is 11.5 Å². The van der Waals surface area contributed by atoms with Crippen molar-refractivity contribution in [2.24, 2.45) is 0 Å². The summed E-state index contributed by atoms with van der Waals surface area (Å²) in [6, 6.07) is 11.9. The molecule has 0 bridgehead atoms. The van der Waals surface area contributed by atoms with Crippen LogP contribution in [0.4, 0.5) is 0 Å². The van der Waals surface area contributed by atoms with Gasteiger partial charge < -0.3 is 9.47 Å². The largest absolute Gasteiger partial charge is 0.452 e. The van der Waals surface area contributed by atoms with Gasteiger partial charge in [0.25, 0.3) is 0 Å². The van der Waals surface area contributed by atoms with Crippen molar-refractivity contribution in [2.75, 3.05) is 0 Å². The summed E-state index contributed by atoms with van der Waals surface area (Å²) in [7, 11) is 0. The molecule has 1 aliphatic heterocycles. The number of hydrogen-bond acceptors (Lipinski definition) is 6. The van der Waals surface area contributed by atoms with E-state index in [4.69, 9.17) is 9.47 Å². The number of aromatic nitrogens is 2. The van der Waals surface area contributed by atoms with E-state index in [1.807, 2.05) is 6.07 Å². The van der Waals surface area contributed by atoms with Gasteiger partial charge >= 0.3 is 5.97 Å². The van der Waals surface area contributed by atoms with Crippen molar-refractivity contribution in [3.8, 4) is 11.5 Å². The van der Waals surface area contributed by atoms with Crippen molar-refractivity contribution < 1.29 is 19.1 Å². The Labute approximate surface area is 155 Å². The maximum Gasteiger partial charge on any atom is 0.345 e. The molecule has 3 aromatic rings. The highest BCUT2D eigenvalue weighted by Gasteiger charge is 2.30. The molecule has 6 nitrogen and oxygen atoms in total. The first kappa shape index (κ1) is 16.7. The molecule has 4 rings (SSSR count). The molecule has 0 fully saturated rings. The molecule has 132 valence electrons. The lowest BCUT2D eigenvalue weighted by Gasteiger charge is -2.09. The summed E-state index contributed by atoms with van der Waals surface area (Å²) in [5.74, 6) is 0.138. The van der Waals surface area contributed by atoms with Crippen LogP contribution < -0.4 is 9.47 Å². The number of carbonyl (C=O) groups excluding carboxylic acids is 2. The van der Waals surface area contributed by atoms with Crippen LogP contribution in [-0.4, -0.2) is 21.7 Å². The fourth-order valence-electron chi connectivity index (χ4n) is 2.72. The average molecular weight is 358 g/mol. The van der Waals surface area contributed by atoms with Crippen LogP contribution in [-0.2, 0) is 0 Å². The number of ether oxygens (including phenoxy) is 2. The first-order chi connectivity index (χ1) is 13.1. The van der Waals surface area contributed by atoms with Crippen molar-refractivity contribution in [2.45, 2.75) is 6.92 Å². The molecule has 0 spiro atoms. The van der Waals surface area contributed by atoms with Crippen LogP contribution in [0.5, 0.6) is 11.5 Å². The number of hydrogen-bond donors (Lipinski definition) is 0. The third kappa shape index (κ3) is 3.20. The van der Waals surface area contributed by atoms with E-state index in [1.165, 1.54) is 6.20 Å². The van der Waals surface area contributed by atoms with Gasteiger partial charge in [-0.1, -0.05) is 6.07 Å². The lowest BCUT2D eigenvalue weighted by molar-refractivity contribution is 0.0732. The van der Waals surface area contributed by atoms with Crippen molar-refractivity contribution in [3.05, 3.63) is 89.2 Å². The molecule has 0 unspecified atom stereocenters. The number of benzene rings is 1. The van der Waals surface area contributed by atoms with Crippen molar-refractivity contribution >= 4 is 17.8 Å². The summed E-state index contributed by atoms with van der Waals surface area (Å²) >= 11 is 0. The molecule has 1 aliphatic rings. The molecule has 0 radical (unpaired) electrons. The summed E-state index contributed by atoms with van der Waals surface area (Å²) in [5.41, 5.74) is 1.96. The lowest BCUT2D eigenvalue weighted by Crippen LogP contribution is -2.09. The molecule has 0 saturated heterocycles. The zero-order valence-corrected chi connectivity index (χ0v) is 14.4. The Balaban J connectivity index is 1.63. The van der Waals surface area contributed by atoms with Crippen molar-refractivity contribution in [3.63, 3.8) is 0 Å². The number of ketones is 1. The van der Waals surface area contributed by atoms with Crippen LogP contribution in [0.1, 0.15) is 32.0 Å². The van der Waals surface area contributed by atoms with E-state index in [0.29, 0.717) is 33.9 Å². The second-order valence-electron chi connectivity index (χ2n) is 5.89. The Morgan fingerprint density at radius 2 is 2.00 bits per heavy atom. The molecule has 0 N–H and O–H groups in total. The van der Waals surface area contributed by atoms with Crippen molar-refractivity contribution in [1.29, 1.82) is 0 Å². The third-order valence-electron chi connectivity index (χ3n) is 4.10. The van der Waals surface area contributed by atoms with Crippen LogP contribution in [0, 0.1) is 6.92 Å². The zero-order chi connectivity index (χ0) is 18.8. The quantitative estimate of drug-likeness (QED) is 0.404. The molecule has 3 heterocycles. The van der Waals surface area contributed by atoms with E-state index in [0.717, 1.165) is 0 Å². The van der Waals surface area contributed by atoms with Gasteiger partial charge in [-0.3, -0.25) is 14.8 Å². The van der Waals surface area contributed by atoms with Gasteiger partial charge in [-0.2, -0.15) is 0 Å². The highest BCUT2D eigenvalue weighted by molar-refractivity contribution is 6.14. The topological polar surface area (TPSA) is 78.4 Å². The van der Waals surface area contributed by atoms with Crippen LogP contribution >= 0.6 is 0 Å². The molecule has 0 aliphatic carbocycles. The standard InChI is InChI=1S/C21H14N2O4/c1-13-17(27-21(25)14-5-4-9-22-12-14)8-7-16-19(24)18(26-20(13)16)11-15-6-2-3-10-23-15/h2-12H,1H3/b18-11-. The summed E-state index contributed by atoms with van der Waals surface area (Å²) in [6.07, 6.45) is 6.23. The smallest absolute Gasteiger partial charge is 0.345 e. The van der Waals surface area contributed by atoms with Crippen LogP contribution in [0.25, 0.3) is 6.08 Å². The van der Waals surface area contributed by atoms with Gasteiger partial charge in [0.15, 0.2) is 5.76 Å². The molecule has 27 heavy (non-hydrogen) atoms. The monoisotopic (exact) mass is 358 g/mol. The number of pyridine rings is 2. The van der Waals surface area contributed by atoms with E-state index in [1.54, 1.807) is 61.8 Å². The normalized spacial score (nSPS) is 14.0. The summed E-state index contributed by atoms with van der Waals surface area (Å²) in [4.78, 5) is 32.9. The SMILES string of the molecule is Cc1c(OC(=O)c2cccnc2)ccc2c1O/C(=C\c1ccccn1)C2=O. The van der Waals surface area contributed by atoms with Gasteiger partial charge in [-0.25, -0.2) is 4.79 Å². The maximum atomic E-state index is 12.6. The number of esters is 1. The molecule has 0 atom stereocenters. The zero-order valence-electron chi connectivity index (χ0n) is 14.4. The van der Waals surface area contributed by atoms with E-state index >= 15 is 0 Å². The molecule has 0 saturated carbocycles. The number of allylic oxidation sites excluding steroid dienone is 1. The van der Waals surface area contributed by atoms with Gasteiger partial charge in [-0.05, 0) is 43.3 Å². The Morgan fingerprint density at radius 1 is 1.11 bits per heavy atom. The van der Waals surface area contributed by atoms with Crippen LogP contribution in [0.15, 0.2) is 66.8 Å².